The predicted octanol–water partition coefficient (Wildman–Crippen LogP) is 3.97. The number of unbranched alkanes of at least 4 members (excludes halogenated alkanes) is 5. The Bertz CT molecular complexity index is 289. The Morgan fingerprint density at radius 1 is 0.882 bits per heavy atom. The Morgan fingerprint density at radius 2 is 1.35 bits per heavy atom. The van der Waals surface area contributed by atoms with Gasteiger partial charge in [-0.05, 0) is 0 Å². The summed E-state index contributed by atoms with van der Waals surface area (Å²) in [6.07, 6.45) is 12.6. The van der Waals surface area contributed by atoms with Crippen LogP contribution in [0.4, 0.5) is 0 Å². The van der Waals surface area contributed by atoms with Crippen molar-refractivity contribution in [3.8, 4) is 12.4 Å². The molecule has 0 aliphatic rings. The first-order valence-electron chi connectivity index (χ1n) is 6.46. The number of hydrogen-bond acceptors (Lipinski definition) is 3. The van der Waals surface area contributed by atoms with Gasteiger partial charge in [-0.2, -0.15) is 0 Å². The fraction of sp³-hybridized carbons (Fsp3) is 0.846. The standard InChI is InChI=1S/C13H26N3P/c1-5-6-7-8-9-10-11-17(2,3,4)16(12-14)13-15/h5-11H2,1-4H3. The molecule has 0 aliphatic carbocycles. The molecule has 4 heteroatoms. The van der Waals surface area contributed by atoms with E-state index in [0.29, 0.717) is 0 Å². The van der Waals surface area contributed by atoms with Crippen molar-refractivity contribution in [2.24, 2.45) is 0 Å². The van der Waals surface area contributed by atoms with Crippen molar-refractivity contribution in [1.82, 2.24) is 4.67 Å². The molecule has 98 valence electrons. The third-order valence-corrected chi connectivity index (χ3v) is 6.73. The maximum absolute atomic E-state index is 8.99. The third kappa shape index (κ3) is 5.90. The number of nitriles is 2. The van der Waals surface area contributed by atoms with E-state index in [1.54, 1.807) is 0 Å². The molecule has 0 aromatic rings. The molecule has 0 aromatic carbocycles. The third-order valence-electron chi connectivity index (χ3n) is 3.21. The zero-order chi connectivity index (χ0) is 13.4. The molecule has 0 amide bonds. The quantitative estimate of drug-likeness (QED) is 0.285. The average Bonchev–Trinajstić information content (AvgIpc) is 2.23. The molecule has 0 bridgehead atoms. The normalized spacial score (nSPS) is 13.2. The molecule has 0 saturated carbocycles. The summed E-state index contributed by atoms with van der Waals surface area (Å²) in [6.45, 7) is 6.26. The number of nitrogens with zero attached hydrogens (tertiary/aromatic N) is 3. The molecular weight excluding hydrogens is 229 g/mol. The van der Waals surface area contributed by atoms with Gasteiger partial charge in [-0.15, -0.1) is 0 Å². The zero-order valence-corrected chi connectivity index (χ0v) is 12.6. The second-order valence-electron chi connectivity index (χ2n) is 6.03. The Kier molecular flexibility index (Phi) is 6.51. The van der Waals surface area contributed by atoms with E-state index in [9.17, 15) is 0 Å². The summed E-state index contributed by atoms with van der Waals surface area (Å²) in [7, 11) is 0. The molecular formula is C13H26N3P. The molecule has 0 heterocycles. The molecule has 0 rings (SSSR count). The molecule has 0 N–H and O–H groups in total. The molecule has 0 aliphatic heterocycles. The van der Waals surface area contributed by atoms with Crippen LogP contribution in [0.2, 0.25) is 0 Å². The average molecular weight is 255 g/mol. The molecule has 0 aromatic heterocycles. The molecule has 0 atom stereocenters. The van der Waals surface area contributed by atoms with Crippen LogP contribution >= 0.6 is 6.75 Å². The second-order valence-corrected chi connectivity index (χ2v) is 12.9. The van der Waals surface area contributed by atoms with Crippen LogP contribution in [-0.2, 0) is 0 Å². The van der Waals surface area contributed by atoms with Crippen molar-refractivity contribution >= 4 is 6.75 Å². The topological polar surface area (TPSA) is 50.8 Å². The Hall–Kier alpha value is -0.790. The number of hydrogen-bond donors (Lipinski definition) is 0. The van der Waals surface area contributed by atoms with Gasteiger partial charge in [0, 0.05) is 0 Å². The van der Waals surface area contributed by atoms with E-state index in [1.165, 1.54) is 36.8 Å². The van der Waals surface area contributed by atoms with Crippen LogP contribution in [-0.4, -0.2) is 30.8 Å². The van der Waals surface area contributed by atoms with Crippen molar-refractivity contribution in [2.75, 3.05) is 26.2 Å². The summed E-state index contributed by atoms with van der Waals surface area (Å²) in [5.74, 6) is 0. The van der Waals surface area contributed by atoms with Crippen molar-refractivity contribution in [1.29, 1.82) is 10.5 Å². The summed E-state index contributed by atoms with van der Waals surface area (Å²) >= 11 is 0. The van der Waals surface area contributed by atoms with E-state index < -0.39 is 6.75 Å². The van der Waals surface area contributed by atoms with Crippen LogP contribution in [0.15, 0.2) is 0 Å². The van der Waals surface area contributed by atoms with Gasteiger partial charge < -0.3 is 0 Å². The molecule has 3 nitrogen and oxygen atoms in total. The first kappa shape index (κ1) is 16.2. The maximum atomic E-state index is 8.99. The predicted molar refractivity (Wildman–Crippen MR) is 76.0 cm³/mol. The fourth-order valence-corrected chi connectivity index (χ4v) is 4.07. The van der Waals surface area contributed by atoms with E-state index >= 15 is 0 Å². The number of rotatable bonds is 8. The minimum absolute atomic E-state index is 0.999. The van der Waals surface area contributed by atoms with Crippen molar-refractivity contribution in [2.45, 2.75) is 45.4 Å². The molecule has 0 radical (unpaired) electrons. The summed E-state index contributed by atoms with van der Waals surface area (Å²) < 4.78 is 1.34. The first-order chi connectivity index (χ1) is 7.85. The molecule has 17 heavy (non-hydrogen) atoms. The van der Waals surface area contributed by atoms with E-state index in [0.717, 1.165) is 12.6 Å². The van der Waals surface area contributed by atoms with Crippen molar-refractivity contribution < 1.29 is 0 Å². The summed E-state index contributed by atoms with van der Waals surface area (Å²) in [6, 6.07) is 0. The van der Waals surface area contributed by atoms with Crippen LogP contribution in [0.3, 0.4) is 0 Å². The summed E-state index contributed by atoms with van der Waals surface area (Å²) in [5.41, 5.74) is 0. The summed E-state index contributed by atoms with van der Waals surface area (Å²) in [5, 5.41) is 18.0. The Labute approximate surface area is 106 Å². The van der Waals surface area contributed by atoms with Crippen molar-refractivity contribution in [3.05, 3.63) is 0 Å². The minimum atomic E-state index is -2.26. The Morgan fingerprint density at radius 3 is 1.82 bits per heavy atom. The fourth-order valence-electron chi connectivity index (χ4n) is 1.89. The van der Waals surface area contributed by atoms with E-state index in [2.05, 4.69) is 26.9 Å². The molecule has 0 spiro atoms. The first-order valence-corrected chi connectivity index (χ1v) is 10.2. The SMILES string of the molecule is CCCCCCCCP(C)(C)(C)N(C#N)C#N. The van der Waals surface area contributed by atoms with E-state index in [-0.39, 0.29) is 0 Å². The van der Waals surface area contributed by atoms with E-state index in [1.807, 2.05) is 12.4 Å². The van der Waals surface area contributed by atoms with Crippen molar-refractivity contribution in [3.63, 3.8) is 0 Å². The van der Waals surface area contributed by atoms with Crippen LogP contribution in [0.1, 0.15) is 45.4 Å². The van der Waals surface area contributed by atoms with Gasteiger partial charge in [-0.25, -0.2) is 0 Å². The summed E-state index contributed by atoms with van der Waals surface area (Å²) in [4.78, 5) is 0. The van der Waals surface area contributed by atoms with Gasteiger partial charge in [-0.1, -0.05) is 0 Å². The van der Waals surface area contributed by atoms with Crippen LogP contribution in [0.25, 0.3) is 0 Å². The van der Waals surface area contributed by atoms with Gasteiger partial charge in [-0.3, -0.25) is 0 Å². The molecule has 0 saturated heterocycles. The molecule has 0 fully saturated rings. The van der Waals surface area contributed by atoms with Gasteiger partial charge in [0.05, 0.1) is 0 Å². The zero-order valence-electron chi connectivity index (χ0n) is 11.7. The van der Waals surface area contributed by atoms with Gasteiger partial charge in [0.15, 0.2) is 0 Å². The van der Waals surface area contributed by atoms with Crippen LogP contribution in [0.5, 0.6) is 0 Å². The second kappa shape index (κ2) is 6.83. The monoisotopic (exact) mass is 255 g/mol. The van der Waals surface area contributed by atoms with Gasteiger partial charge in [0.25, 0.3) is 0 Å². The van der Waals surface area contributed by atoms with Crippen LogP contribution in [0, 0.1) is 22.9 Å². The van der Waals surface area contributed by atoms with Gasteiger partial charge in [0.1, 0.15) is 0 Å². The van der Waals surface area contributed by atoms with Gasteiger partial charge >= 0.3 is 106 Å². The molecule has 0 unspecified atom stereocenters. The Balaban J connectivity index is 4.09. The van der Waals surface area contributed by atoms with Gasteiger partial charge in [0.2, 0.25) is 0 Å². The van der Waals surface area contributed by atoms with E-state index in [4.69, 9.17) is 10.5 Å². The van der Waals surface area contributed by atoms with Crippen LogP contribution < -0.4 is 0 Å².